The Kier molecular flexibility index (Phi) is 3.80. The molecule has 2 aliphatic heterocycles. The van der Waals surface area contributed by atoms with Crippen molar-refractivity contribution in [1.82, 2.24) is 14.5 Å². The van der Waals surface area contributed by atoms with Gasteiger partial charge in [-0.3, -0.25) is 9.59 Å². The number of imidazole rings is 1. The summed E-state index contributed by atoms with van der Waals surface area (Å²) in [4.78, 5) is 30.8. The van der Waals surface area contributed by atoms with Crippen LogP contribution in [0, 0.1) is 0 Å². The standard InChI is InChI=1S/C18H20N4O2/c23-17(20-16-11-19-15-7-3-4-9-22(15)16)18(24)21-10-8-13-5-1-2-6-14(13)12-21/h1-2,5-6,11H,3-4,7-10,12H2,(H,20,23). The van der Waals surface area contributed by atoms with Gasteiger partial charge in [-0.05, 0) is 30.4 Å². The fraction of sp³-hybridized carbons (Fsp3) is 0.389. The van der Waals surface area contributed by atoms with Gasteiger partial charge in [0.2, 0.25) is 0 Å². The van der Waals surface area contributed by atoms with E-state index >= 15 is 0 Å². The Bertz CT molecular complexity index is 796. The van der Waals surface area contributed by atoms with Crippen molar-refractivity contribution < 1.29 is 9.59 Å². The van der Waals surface area contributed by atoms with E-state index in [9.17, 15) is 9.59 Å². The van der Waals surface area contributed by atoms with Crippen LogP contribution in [0.4, 0.5) is 5.82 Å². The minimum Gasteiger partial charge on any atom is -0.330 e. The van der Waals surface area contributed by atoms with Crippen LogP contribution in [0.3, 0.4) is 0 Å². The molecule has 0 bridgehead atoms. The first-order valence-corrected chi connectivity index (χ1v) is 8.44. The lowest BCUT2D eigenvalue weighted by molar-refractivity contribution is -0.143. The number of aryl methyl sites for hydroxylation is 1. The molecule has 2 aliphatic rings. The smallest absolute Gasteiger partial charge is 0.315 e. The van der Waals surface area contributed by atoms with Crippen LogP contribution in [-0.4, -0.2) is 32.8 Å². The fourth-order valence-corrected chi connectivity index (χ4v) is 3.50. The molecule has 4 rings (SSSR count). The molecule has 1 aromatic heterocycles. The van der Waals surface area contributed by atoms with Gasteiger partial charge in [0.05, 0.1) is 6.20 Å². The van der Waals surface area contributed by atoms with Gasteiger partial charge in [0, 0.05) is 26.1 Å². The van der Waals surface area contributed by atoms with Gasteiger partial charge in [-0.1, -0.05) is 24.3 Å². The topological polar surface area (TPSA) is 67.2 Å². The van der Waals surface area contributed by atoms with E-state index in [0.717, 1.165) is 43.6 Å². The Morgan fingerprint density at radius 1 is 1.04 bits per heavy atom. The van der Waals surface area contributed by atoms with Crippen LogP contribution >= 0.6 is 0 Å². The normalized spacial score (nSPS) is 16.2. The van der Waals surface area contributed by atoms with Crippen LogP contribution in [0.2, 0.25) is 0 Å². The molecule has 6 heteroatoms. The minimum absolute atomic E-state index is 0.476. The minimum atomic E-state index is -0.581. The van der Waals surface area contributed by atoms with E-state index in [-0.39, 0.29) is 0 Å². The van der Waals surface area contributed by atoms with Gasteiger partial charge in [-0.2, -0.15) is 0 Å². The highest BCUT2D eigenvalue weighted by Crippen LogP contribution is 2.21. The van der Waals surface area contributed by atoms with Gasteiger partial charge in [-0.25, -0.2) is 4.98 Å². The first-order chi connectivity index (χ1) is 11.7. The molecule has 6 nitrogen and oxygen atoms in total. The molecule has 0 unspecified atom stereocenters. The molecule has 0 saturated carbocycles. The number of carbonyl (C=O) groups excluding carboxylic acids is 2. The van der Waals surface area contributed by atoms with E-state index in [1.54, 1.807) is 11.1 Å². The lowest BCUT2D eigenvalue weighted by Crippen LogP contribution is -2.42. The van der Waals surface area contributed by atoms with E-state index in [4.69, 9.17) is 0 Å². The molecule has 1 aromatic carbocycles. The largest absolute Gasteiger partial charge is 0.330 e. The molecular formula is C18H20N4O2. The number of hydrogen-bond acceptors (Lipinski definition) is 3. The monoisotopic (exact) mass is 324 g/mol. The molecule has 0 radical (unpaired) electrons. The zero-order valence-electron chi connectivity index (χ0n) is 13.5. The van der Waals surface area contributed by atoms with Crippen LogP contribution in [-0.2, 0) is 35.5 Å². The first kappa shape index (κ1) is 14.9. The number of amides is 2. The summed E-state index contributed by atoms with van der Waals surface area (Å²) < 4.78 is 2.00. The van der Waals surface area contributed by atoms with Crippen LogP contribution in [0.15, 0.2) is 30.5 Å². The van der Waals surface area contributed by atoms with Crippen molar-refractivity contribution >= 4 is 17.6 Å². The number of carbonyl (C=O) groups is 2. The average Bonchev–Trinajstić information content (AvgIpc) is 3.03. The molecule has 0 saturated heterocycles. The molecule has 0 atom stereocenters. The highest BCUT2D eigenvalue weighted by atomic mass is 16.2. The van der Waals surface area contributed by atoms with Crippen molar-refractivity contribution in [3.63, 3.8) is 0 Å². The highest BCUT2D eigenvalue weighted by molar-refractivity contribution is 6.39. The Balaban J connectivity index is 1.45. The van der Waals surface area contributed by atoms with Crippen LogP contribution in [0.1, 0.15) is 29.8 Å². The molecule has 1 N–H and O–H groups in total. The average molecular weight is 324 g/mol. The van der Waals surface area contributed by atoms with Crippen molar-refractivity contribution in [1.29, 1.82) is 0 Å². The summed E-state index contributed by atoms with van der Waals surface area (Å²) >= 11 is 0. The molecule has 0 fully saturated rings. The molecule has 2 amide bonds. The molecule has 124 valence electrons. The van der Waals surface area contributed by atoms with Gasteiger partial charge >= 0.3 is 11.8 Å². The van der Waals surface area contributed by atoms with Crippen molar-refractivity contribution in [2.45, 2.75) is 38.8 Å². The number of fused-ring (bicyclic) bond motifs is 2. The Morgan fingerprint density at radius 3 is 2.75 bits per heavy atom. The van der Waals surface area contributed by atoms with Gasteiger partial charge in [0.25, 0.3) is 0 Å². The van der Waals surface area contributed by atoms with Crippen LogP contribution in [0.25, 0.3) is 0 Å². The number of nitrogens with one attached hydrogen (secondary N) is 1. The van der Waals surface area contributed by atoms with Crippen LogP contribution < -0.4 is 5.32 Å². The second-order valence-electron chi connectivity index (χ2n) is 6.37. The maximum atomic E-state index is 12.5. The highest BCUT2D eigenvalue weighted by Gasteiger charge is 2.27. The fourth-order valence-electron chi connectivity index (χ4n) is 3.50. The van der Waals surface area contributed by atoms with E-state index in [1.165, 1.54) is 5.56 Å². The van der Waals surface area contributed by atoms with Crippen molar-refractivity contribution in [3.05, 3.63) is 47.4 Å². The summed E-state index contributed by atoms with van der Waals surface area (Å²) in [7, 11) is 0. The predicted molar refractivity (Wildman–Crippen MR) is 89.4 cm³/mol. The van der Waals surface area contributed by atoms with Gasteiger partial charge in [-0.15, -0.1) is 0 Å². The summed E-state index contributed by atoms with van der Waals surface area (Å²) in [6, 6.07) is 8.06. The Hall–Kier alpha value is -2.63. The number of anilines is 1. The van der Waals surface area contributed by atoms with Crippen molar-refractivity contribution in [2.24, 2.45) is 0 Å². The Labute approximate surface area is 140 Å². The van der Waals surface area contributed by atoms with Crippen LogP contribution in [0.5, 0.6) is 0 Å². The number of benzene rings is 1. The second-order valence-corrected chi connectivity index (χ2v) is 6.37. The zero-order chi connectivity index (χ0) is 16.5. The third kappa shape index (κ3) is 2.68. The summed E-state index contributed by atoms with van der Waals surface area (Å²) in [5.41, 5.74) is 2.37. The lowest BCUT2D eigenvalue weighted by Gasteiger charge is -2.28. The maximum absolute atomic E-state index is 12.5. The van der Waals surface area contributed by atoms with Crippen molar-refractivity contribution in [2.75, 3.05) is 11.9 Å². The molecular weight excluding hydrogens is 304 g/mol. The number of rotatable bonds is 1. The third-order valence-corrected chi connectivity index (χ3v) is 4.82. The molecule has 0 spiro atoms. The van der Waals surface area contributed by atoms with E-state index < -0.39 is 11.8 Å². The van der Waals surface area contributed by atoms with E-state index in [2.05, 4.69) is 16.4 Å². The lowest BCUT2D eigenvalue weighted by atomic mass is 10.00. The quantitative estimate of drug-likeness (QED) is 0.813. The van der Waals surface area contributed by atoms with Gasteiger partial charge in [0.15, 0.2) is 0 Å². The van der Waals surface area contributed by atoms with E-state index in [0.29, 0.717) is 18.9 Å². The molecule has 0 aliphatic carbocycles. The zero-order valence-corrected chi connectivity index (χ0v) is 13.5. The molecule has 24 heavy (non-hydrogen) atoms. The summed E-state index contributed by atoms with van der Waals surface area (Å²) in [6.07, 6.45) is 5.56. The van der Waals surface area contributed by atoms with Gasteiger partial charge < -0.3 is 14.8 Å². The summed E-state index contributed by atoms with van der Waals surface area (Å²) in [6.45, 7) is 1.91. The summed E-state index contributed by atoms with van der Waals surface area (Å²) in [5, 5.41) is 2.74. The number of hydrogen-bond donors (Lipinski definition) is 1. The number of nitrogens with zero attached hydrogens (tertiary/aromatic N) is 3. The molecule has 3 heterocycles. The van der Waals surface area contributed by atoms with Crippen molar-refractivity contribution in [3.8, 4) is 0 Å². The third-order valence-electron chi connectivity index (χ3n) is 4.82. The first-order valence-electron chi connectivity index (χ1n) is 8.44. The van der Waals surface area contributed by atoms with E-state index in [1.807, 2.05) is 22.8 Å². The molecule has 2 aromatic rings. The predicted octanol–water partition coefficient (Wildman–Crippen LogP) is 1.74. The SMILES string of the molecule is O=C(Nc1cnc2n1CCCC2)C(=O)N1CCc2ccccc2C1. The summed E-state index contributed by atoms with van der Waals surface area (Å²) in [5.74, 6) is 0.551. The van der Waals surface area contributed by atoms with Gasteiger partial charge in [0.1, 0.15) is 11.6 Å². The Morgan fingerprint density at radius 2 is 1.88 bits per heavy atom. The maximum Gasteiger partial charge on any atom is 0.315 e. The second kappa shape index (κ2) is 6.11. The number of aromatic nitrogens is 2.